The molecular formula is C12H17NO4S. The molecule has 0 unspecified atom stereocenters. The summed E-state index contributed by atoms with van der Waals surface area (Å²) >= 11 is 0. The van der Waals surface area contributed by atoms with Crippen LogP contribution in [0.4, 0.5) is 0 Å². The summed E-state index contributed by atoms with van der Waals surface area (Å²) in [6.07, 6.45) is 1.13. The molecule has 0 saturated heterocycles. The van der Waals surface area contributed by atoms with Crippen molar-refractivity contribution in [1.29, 1.82) is 0 Å². The Bertz CT molecular complexity index is 493. The van der Waals surface area contributed by atoms with Gasteiger partial charge in [0.2, 0.25) is 0 Å². The van der Waals surface area contributed by atoms with E-state index in [1.54, 1.807) is 24.3 Å². The molecule has 0 aromatic heterocycles. The highest BCUT2D eigenvalue weighted by molar-refractivity contribution is 7.90. The van der Waals surface area contributed by atoms with Crippen molar-refractivity contribution in [2.45, 2.75) is 6.92 Å². The van der Waals surface area contributed by atoms with E-state index in [2.05, 4.69) is 5.32 Å². The molecule has 0 saturated carbocycles. The molecule has 0 heterocycles. The van der Waals surface area contributed by atoms with Crippen molar-refractivity contribution < 1.29 is 17.9 Å². The molecule has 1 aromatic rings. The topological polar surface area (TPSA) is 72.5 Å². The summed E-state index contributed by atoms with van der Waals surface area (Å²) in [5.41, 5.74) is 0.479. The third-order valence-electron chi connectivity index (χ3n) is 2.19. The van der Waals surface area contributed by atoms with Gasteiger partial charge in [-0.15, -0.1) is 0 Å². The van der Waals surface area contributed by atoms with E-state index in [4.69, 9.17) is 4.74 Å². The Morgan fingerprint density at radius 1 is 1.28 bits per heavy atom. The van der Waals surface area contributed by atoms with E-state index >= 15 is 0 Å². The first-order valence-electron chi connectivity index (χ1n) is 5.61. The molecule has 1 amide bonds. The highest BCUT2D eigenvalue weighted by atomic mass is 32.2. The van der Waals surface area contributed by atoms with Gasteiger partial charge in [-0.1, -0.05) is 0 Å². The molecule has 0 aliphatic heterocycles. The van der Waals surface area contributed by atoms with Gasteiger partial charge in [-0.05, 0) is 31.2 Å². The van der Waals surface area contributed by atoms with Crippen LogP contribution in [0.2, 0.25) is 0 Å². The van der Waals surface area contributed by atoms with E-state index in [1.165, 1.54) is 0 Å². The van der Waals surface area contributed by atoms with Crippen molar-refractivity contribution >= 4 is 15.7 Å². The summed E-state index contributed by atoms with van der Waals surface area (Å²) < 4.78 is 27.1. The Hall–Kier alpha value is -1.56. The number of hydrogen-bond donors (Lipinski definition) is 1. The van der Waals surface area contributed by atoms with E-state index in [-0.39, 0.29) is 18.2 Å². The van der Waals surface area contributed by atoms with E-state index < -0.39 is 9.84 Å². The predicted octanol–water partition coefficient (Wildman–Crippen LogP) is 0.860. The molecule has 5 nitrogen and oxygen atoms in total. The number of amides is 1. The maximum absolute atomic E-state index is 11.7. The molecule has 0 spiro atoms. The number of rotatable bonds is 6. The lowest BCUT2D eigenvalue weighted by Gasteiger charge is -2.06. The Morgan fingerprint density at radius 3 is 2.39 bits per heavy atom. The second-order valence-electron chi connectivity index (χ2n) is 3.84. The Morgan fingerprint density at radius 2 is 1.89 bits per heavy atom. The van der Waals surface area contributed by atoms with E-state index in [0.29, 0.717) is 17.9 Å². The summed E-state index contributed by atoms with van der Waals surface area (Å²) in [5.74, 6) is 0.349. The zero-order valence-corrected chi connectivity index (χ0v) is 11.3. The first-order chi connectivity index (χ1) is 8.42. The minimum atomic E-state index is -3.05. The molecule has 18 heavy (non-hydrogen) atoms. The molecule has 1 N–H and O–H groups in total. The zero-order valence-electron chi connectivity index (χ0n) is 10.5. The van der Waals surface area contributed by atoms with Crippen LogP contribution >= 0.6 is 0 Å². The SMILES string of the molecule is CCOc1ccc(C(=O)NCCS(C)(=O)=O)cc1. The summed E-state index contributed by atoms with van der Waals surface area (Å²) in [5, 5.41) is 2.55. The van der Waals surface area contributed by atoms with Crippen molar-refractivity contribution in [1.82, 2.24) is 5.32 Å². The van der Waals surface area contributed by atoms with Crippen LogP contribution in [0.25, 0.3) is 0 Å². The van der Waals surface area contributed by atoms with Crippen LogP contribution in [0.15, 0.2) is 24.3 Å². The van der Waals surface area contributed by atoms with Crippen molar-refractivity contribution in [3.8, 4) is 5.75 Å². The number of sulfone groups is 1. The largest absolute Gasteiger partial charge is 0.494 e. The summed E-state index contributed by atoms with van der Waals surface area (Å²) in [6.45, 7) is 2.57. The number of ether oxygens (including phenoxy) is 1. The van der Waals surface area contributed by atoms with Gasteiger partial charge in [-0.3, -0.25) is 4.79 Å². The Labute approximate surface area is 107 Å². The fraction of sp³-hybridized carbons (Fsp3) is 0.417. The van der Waals surface area contributed by atoms with Crippen LogP contribution in [0.5, 0.6) is 5.75 Å². The Kier molecular flexibility index (Phi) is 5.15. The second kappa shape index (κ2) is 6.39. The molecule has 0 aliphatic carbocycles. The number of nitrogens with one attached hydrogen (secondary N) is 1. The van der Waals surface area contributed by atoms with Crippen LogP contribution in [-0.4, -0.2) is 39.5 Å². The zero-order chi connectivity index (χ0) is 13.6. The van der Waals surface area contributed by atoms with Crippen LogP contribution < -0.4 is 10.1 Å². The lowest BCUT2D eigenvalue weighted by Crippen LogP contribution is -2.28. The average molecular weight is 271 g/mol. The molecule has 0 bridgehead atoms. The number of carbonyl (C=O) groups is 1. The minimum absolute atomic E-state index is 0.0598. The summed E-state index contributed by atoms with van der Waals surface area (Å²) in [4.78, 5) is 11.7. The minimum Gasteiger partial charge on any atom is -0.494 e. The highest BCUT2D eigenvalue weighted by Crippen LogP contribution is 2.11. The van der Waals surface area contributed by atoms with Gasteiger partial charge in [0.25, 0.3) is 5.91 Å². The van der Waals surface area contributed by atoms with Crippen LogP contribution in [0.1, 0.15) is 17.3 Å². The van der Waals surface area contributed by atoms with E-state index in [9.17, 15) is 13.2 Å². The molecular weight excluding hydrogens is 254 g/mol. The third-order valence-corrected chi connectivity index (χ3v) is 3.13. The van der Waals surface area contributed by atoms with Gasteiger partial charge in [0, 0.05) is 18.4 Å². The average Bonchev–Trinajstić information content (AvgIpc) is 2.28. The molecule has 0 fully saturated rings. The van der Waals surface area contributed by atoms with Crippen LogP contribution in [0, 0.1) is 0 Å². The molecule has 0 atom stereocenters. The monoisotopic (exact) mass is 271 g/mol. The van der Waals surface area contributed by atoms with Gasteiger partial charge < -0.3 is 10.1 Å². The molecule has 0 aliphatic rings. The lowest BCUT2D eigenvalue weighted by molar-refractivity contribution is 0.0956. The molecule has 0 radical (unpaired) electrons. The van der Waals surface area contributed by atoms with Gasteiger partial charge in [0.1, 0.15) is 15.6 Å². The number of carbonyl (C=O) groups excluding carboxylic acids is 1. The van der Waals surface area contributed by atoms with Gasteiger partial charge in [0.15, 0.2) is 0 Å². The van der Waals surface area contributed by atoms with E-state index in [0.717, 1.165) is 6.26 Å². The first-order valence-corrected chi connectivity index (χ1v) is 7.67. The standard InChI is InChI=1S/C12H17NO4S/c1-3-17-11-6-4-10(5-7-11)12(14)13-8-9-18(2,15)16/h4-7H,3,8-9H2,1-2H3,(H,13,14). The Balaban J connectivity index is 2.51. The predicted molar refractivity (Wildman–Crippen MR) is 69.7 cm³/mol. The number of benzene rings is 1. The smallest absolute Gasteiger partial charge is 0.251 e. The lowest BCUT2D eigenvalue weighted by atomic mass is 10.2. The van der Waals surface area contributed by atoms with Crippen molar-refractivity contribution in [3.63, 3.8) is 0 Å². The second-order valence-corrected chi connectivity index (χ2v) is 6.10. The van der Waals surface area contributed by atoms with Crippen molar-refractivity contribution in [3.05, 3.63) is 29.8 Å². The van der Waals surface area contributed by atoms with Crippen molar-refractivity contribution in [2.24, 2.45) is 0 Å². The normalized spacial score (nSPS) is 11.0. The van der Waals surface area contributed by atoms with E-state index in [1.807, 2.05) is 6.92 Å². The fourth-order valence-electron chi connectivity index (χ4n) is 1.32. The molecule has 1 rings (SSSR count). The summed E-state index contributed by atoms with van der Waals surface area (Å²) in [7, 11) is -3.05. The van der Waals surface area contributed by atoms with Gasteiger partial charge >= 0.3 is 0 Å². The van der Waals surface area contributed by atoms with Gasteiger partial charge in [-0.25, -0.2) is 8.42 Å². The maximum Gasteiger partial charge on any atom is 0.251 e. The maximum atomic E-state index is 11.7. The van der Waals surface area contributed by atoms with Crippen LogP contribution in [0.3, 0.4) is 0 Å². The van der Waals surface area contributed by atoms with Gasteiger partial charge in [-0.2, -0.15) is 0 Å². The van der Waals surface area contributed by atoms with Crippen LogP contribution in [-0.2, 0) is 9.84 Å². The molecule has 1 aromatic carbocycles. The fourth-order valence-corrected chi connectivity index (χ4v) is 1.79. The first kappa shape index (κ1) is 14.5. The highest BCUT2D eigenvalue weighted by Gasteiger charge is 2.07. The van der Waals surface area contributed by atoms with Crippen molar-refractivity contribution in [2.75, 3.05) is 25.2 Å². The molecule has 100 valence electrons. The molecule has 6 heteroatoms. The third kappa shape index (κ3) is 5.18. The quantitative estimate of drug-likeness (QED) is 0.833. The number of hydrogen-bond acceptors (Lipinski definition) is 4. The van der Waals surface area contributed by atoms with Gasteiger partial charge in [0.05, 0.1) is 12.4 Å². The summed E-state index contributed by atoms with van der Waals surface area (Å²) in [6, 6.07) is 6.69.